The predicted molar refractivity (Wildman–Crippen MR) is 68.6 cm³/mol. The molecule has 1 nitrogen and oxygen atoms in total. The monoisotopic (exact) mass is 305 g/mol. The molecule has 0 N–H and O–H groups in total. The zero-order valence-corrected chi connectivity index (χ0v) is 11.3. The molecule has 1 unspecified atom stereocenters. The summed E-state index contributed by atoms with van der Waals surface area (Å²) in [5, 5.41) is 1.25. The molecule has 2 rings (SSSR count). The molecule has 4 heteroatoms. The largest absolute Gasteiger partial charge is 0.299 e. The number of nitrogens with zero attached hydrogens (tertiary/aromatic N) is 1. The van der Waals surface area contributed by atoms with E-state index in [0.717, 1.165) is 36.4 Å². The second-order valence-electron chi connectivity index (χ2n) is 4.29. The lowest BCUT2D eigenvalue weighted by molar-refractivity contribution is 0.321. The minimum atomic E-state index is -0.324. The van der Waals surface area contributed by atoms with Gasteiger partial charge in [0.15, 0.2) is 0 Å². The van der Waals surface area contributed by atoms with Gasteiger partial charge < -0.3 is 0 Å². The van der Waals surface area contributed by atoms with Crippen LogP contribution in [0.15, 0.2) is 18.2 Å². The van der Waals surface area contributed by atoms with Gasteiger partial charge >= 0.3 is 0 Å². The molecule has 1 aromatic rings. The maximum Gasteiger partial charge on any atom is 0.142 e. The molecule has 0 amide bonds. The Morgan fingerprint density at radius 1 is 1.50 bits per heavy atom. The van der Waals surface area contributed by atoms with Crippen molar-refractivity contribution in [3.63, 3.8) is 0 Å². The zero-order chi connectivity index (χ0) is 11.5. The molecule has 0 radical (unpaired) electrons. The van der Waals surface area contributed by atoms with Crippen LogP contribution in [0.1, 0.15) is 12.0 Å². The molecule has 1 aliphatic rings. The van der Waals surface area contributed by atoms with E-state index >= 15 is 0 Å². The molecular weight excluding hydrogens is 292 g/mol. The average Bonchev–Trinajstić information content (AvgIpc) is 2.71. The van der Waals surface area contributed by atoms with E-state index < -0.39 is 0 Å². The third-order valence-electron chi connectivity index (χ3n) is 2.98. The summed E-state index contributed by atoms with van der Waals surface area (Å²) < 4.78 is 13.2. The Hall–Kier alpha value is -0.120. The number of alkyl halides is 1. The number of likely N-dealkylation sites (tertiary alicyclic amines) is 1. The minimum absolute atomic E-state index is 0.198. The van der Waals surface area contributed by atoms with E-state index in [4.69, 9.17) is 11.6 Å². The van der Waals surface area contributed by atoms with Crippen LogP contribution < -0.4 is 0 Å². The van der Waals surface area contributed by atoms with Crippen LogP contribution in [0.5, 0.6) is 0 Å². The van der Waals surface area contributed by atoms with Crippen LogP contribution in [-0.2, 0) is 6.54 Å². The lowest BCUT2D eigenvalue weighted by Crippen LogP contribution is -2.20. The molecule has 16 heavy (non-hydrogen) atoms. The molecule has 0 aliphatic carbocycles. The lowest BCUT2D eigenvalue weighted by atomic mass is 10.2. The van der Waals surface area contributed by atoms with Crippen molar-refractivity contribution in [2.24, 2.45) is 5.92 Å². The number of hydrogen-bond donors (Lipinski definition) is 0. The van der Waals surface area contributed by atoms with Gasteiger partial charge in [0.2, 0.25) is 0 Å². The molecule has 1 fully saturated rings. The quantitative estimate of drug-likeness (QED) is 0.770. The molecule has 1 heterocycles. The van der Waals surface area contributed by atoms with Gasteiger partial charge in [-0.2, -0.15) is 0 Å². The van der Waals surface area contributed by atoms with Crippen LogP contribution in [0.3, 0.4) is 0 Å². The zero-order valence-electron chi connectivity index (χ0n) is 8.93. The fourth-order valence-electron chi connectivity index (χ4n) is 2.08. The summed E-state index contributed by atoms with van der Waals surface area (Å²) in [4.78, 5) is 2.36. The fourth-order valence-corrected chi connectivity index (χ4v) is 2.72. The molecule has 1 aliphatic heterocycles. The van der Waals surface area contributed by atoms with E-state index in [1.54, 1.807) is 6.07 Å². The van der Waals surface area contributed by atoms with Crippen molar-refractivity contribution in [1.29, 1.82) is 0 Å². The highest BCUT2D eigenvalue weighted by atomic mass is 79.9. The fraction of sp³-hybridized carbons (Fsp3) is 0.500. The van der Waals surface area contributed by atoms with E-state index in [0.29, 0.717) is 0 Å². The van der Waals surface area contributed by atoms with Gasteiger partial charge in [-0.3, -0.25) is 4.90 Å². The number of hydrogen-bond acceptors (Lipinski definition) is 1. The van der Waals surface area contributed by atoms with Crippen LogP contribution in [0.25, 0.3) is 0 Å². The molecule has 0 saturated carbocycles. The van der Waals surface area contributed by atoms with Crippen molar-refractivity contribution < 1.29 is 4.39 Å². The summed E-state index contributed by atoms with van der Waals surface area (Å²) in [6.45, 7) is 3.01. The van der Waals surface area contributed by atoms with Gasteiger partial charge in [0.05, 0.1) is 5.02 Å². The van der Waals surface area contributed by atoms with Gasteiger partial charge in [0.1, 0.15) is 5.82 Å². The lowest BCUT2D eigenvalue weighted by Gasteiger charge is -2.15. The summed E-state index contributed by atoms with van der Waals surface area (Å²) in [6, 6.07) is 5.06. The summed E-state index contributed by atoms with van der Waals surface area (Å²) in [7, 11) is 0. The highest BCUT2D eigenvalue weighted by Crippen LogP contribution is 2.22. The molecule has 0 bridgehead atoms. The summed E-state index contributed by atoms with van der Waals surface area (Å²) in [5.74, 6) is 0.410. The smallest absolute Gasteiger partial charge is 0.142 e. The Labute approximate surface area is 109 Å². The van der Waals surface area contributed by atoms with E-state index in [9.17, 15) is 4.39 Å². The van der Waals surface area contributed by atoms with E-state index in [2.05, 4.69) is 20.8 Å². The maximum absolute atomic E-state index is 13.2. The van der Waals surface area contributed by atoms with Crippen molar-refractivity contribution in [1.82, 2.24) is 4.90 Å². The average molecular weight is 307 g/mol. The van der Waals surface area contributed by atoms with Crippen LogP contribution in [0.4, 0.5) is 4.39 Å². The van der Waals surface area contributed by atoms with Gasteiger partial charge in [-0.15, -0.1) is 0 Å². The Bertz CT molecular complexity index is 372. The van der Waals surface area contributed by atoms with E-state index in [-0.39, 0.29) is 10.8 Å². The second kappa shape index (κ2) is 5.48. The van der Waals surface area contributed by atoms with Gasteiger partial charge in [-0.1, -0.05) is 33.6 Å². The third kappa shape index (κ3) is 2.96. The third-order valence-corrected chi connectivity index (χ3v) is 4.20. The highest BCUT2D eigenvalue weighted by molar-refractivity contribution is 9.09. The van der Waals surface area contributed by atoms with Gasteiger partial charge in [0, 0.05) is 18.4 Å². The topological polar surface area (TPSA) is 3.24 Å². The van der Waals surface area contributed by atoms with Crippen molar-refractivity contribution in [3.05, 3.63) is 34.6 Å². The molecule has 0 aromatic heterocycles. The van der Waals surface area contributed by atoms with E-state index in [1.807, 2.05) is 6.07 Å². The predicted octanol–water partition coefficient (Wildman–Crippen LogP) is 3.70. The second-order valence-corrected chi connectivity index (χ2v) is 5.35. The van der Waals surface area contributed by atoms with Crippen LogP contribution in [-0.4, -0.2) is 23.3 Å². The van der Waals surface area contributed by atoms with Crippen molar-refractivity contribution in [2.75, 3.05) is 18.4 Å². The minimum Gasteiger partial charge on any atom is -0.299 e. The standard InChI is InChI=1S/C12H14BrClFN/c13-6-10-3-4-16(8-10)7-9-1-2-11(14)12(15)5-9/h1-2,5,10H,3-4,6-8H2. The normalized spacial score (nSPS) is 21.6. The van der Waals surface area contributed by atoms with Crippen LogP contribution in [0.2, 0.25) is 5.02 Å². The first-order chi connectivity index (χ1) is 7.69. The molecule has 1 atom stereocenters. The van der Waals surface area contributed by atoms with Crippen molar-refractivity contribution in [2.45, 2.75) is 13.0 Å². The van der Waals surface area contributed by atoms with E-state index in [1.165, 1.54) is 12.5 Å². The Morgan fingerprint density at radius 2 is 2.31 bits per heavy atom. The molecule has 1 aromatic carbocycles. The van der Waals surface area contributed by atoms with Crippen molar-refractivity contribution >= 4 is 27.5 Å². The van der Waals surface area contributed by atoms with Crippen LogP contribution >= 0.6 is 27.5 Å². The summed E-state index contributed by atoms with van der Waals surface area (Å²) in [6.07, 6.45) is 1.22. The Kier molecular flexibility index (Phi) is 4.22. The van der Waals surface area contributed by atoms with Crippen LogP contribution in [0, 0.1) is 11.7 Å². The first-order valence-electron chi connectivity index (χ1n) is 5.41. The maximum atomic E-state index is 13.2. The molecular formula is C12H14BrClFN. The van der Waals surface area contributed by atoms with Gasteiger partial charge in [0.25, 0.3) is 0 Å². The molecule has 0 spiro atoms. The SMILES string of the molecule is Fc1cc(CN2CCC(CBr)C2)ccc1Cl. The summed E-state index contributed by atoms with van der Waals surface area (Å²) >= 11 is 9.15. The molecule has 1 saturated heterocycles. The first kappa shape index (κ1) is 12.3. The van der Waals surface area contributed by atoms with Crippen molar-refractivity contribution in [3.8, 4) is 0 Å². The highest BCUT2D eigenvalue weighted by Gasteiger charge is 2.21. The Morgan fingerprint density at radius 3 is 2.94 bits per heavy atom. The Balaban J connectivity index is 1.97. The van der Waals surface area contributed by atoms with Gasteiger partial charge in [-0.25, -0.2) is 4.39 Å². The summed E-state index contributed by atoms with van der Waals surface area (Å²) in [5.41, 5.74) is 0.997. The first-order valence-corrected chi connectivity index (χ1v) is 6.91. The number of benzene rings is 1. The number of rotatable bonds is 3. The van der Waals surface area contributed by atoms with Gasteiger partial charge in [-0.05, 0) is 36.6 Å². The molecule has 88 valence electrons. The number of halogens is 3.